The number of fused-ring (bicyclic) bond motifs is 1. The summed E-state index contributed by atoms with van der Waals surface area (Å²) in [6.45, 7) is 4.27. The molecule has 6 heteroatoms. The van der Waals surface area contributed by atoms with Gasteiger partial charge in [-0.05, 0) is 12.3 Å². The topological polar surface area (TPSA) is 94.9 Å². The highest BCUT2D eigenvalue weighted by Gasteiger charge is 2.72. The van der Waals surface area contributed by atoms with Crippen LogP contribution in [0.5, 0.6) is 0 Å². The Morgan fingerprint density at radius 3 is 2.12 bits per heavy atom. The Morgan fingerprint density at radius 1 is 1.35 bits per heavy atom. The minimum Gasteiger partial charge on any atom is -0.479 e. The number of hydrogen-bond donors (Lipinski definition) is 2. The summed E-state index contributed by atoms with van der Waals surface area (Å²) >= 11 is 0. The second-order valence-electron chi connectivity index (χ2n) is 5.62. The van der Waals surface area contributed by atoms with Gasteiger partial charge in [-0.1, -0.05) is 13.8 Å². The van der Waals surface area contributed by atoms with Gasteiger partial charge in [-0.15, -0.1) is 0 Å². The zero-order chi connectivity index (χ0) is 13.2. The van der Waals surface area contributed by atoms with Crippen LogP contribution >= 0.6 is 0 Å². The average molecular weight is 241 g/mol. The fourth-order valence-electron chi connectivity index (χ4n) is 2.54. The summed E-state index contributed by atoms with van der Waals surface area (Å²) < 4.78 is 0. The molecule has 3 atom stereocenters. The van der Waals surface area contributed by atoms with Gasteiger partial charge < -0.3 is 10.2 Å². The Labute approximate surface area is 98.2 Å². The Hall–Kier alpha value is -1.43. The molecule has 0 aromatic rings. The lowest BCUT2D eigenvalue weighted by Gasteiger charge is -2.26. The van der Waals surface area contributed by atoms with Crippen molar-refractivity contribution in [2.45, 2.75) is 26.4 Å². The molecule has 2 fully saturated rings. The van der Waals surface area contributed by atoms with Gasteiger partial charge in [0.05, 0.1) is 18.4 Å². The summed E-state index contributed by atoms with van der Waals surface area (Å²) in [6.07, 6.45) is 0. The van der Waals surface area contributed by atoms with E-state index in [2.05, 4.69) is 0 Å². The molecule has 17 heavy (non-hydrogen) atoms. The normalized spacial score (nSPS) is 33.3. The van der Waals surface area contributed by atoms with Crippen LogP contribution in [-0.2, 0) is 14.4 Å². The molecule has 1 aliphatic heterocycles. The standard InChI is InChI=1S/C11H15NO5/c1-10(2)5-6(10)8(14)12(7(5)13)4-11(3,17)9(15)16/h5-6,17H,4H2,1-3H3,(H,15,16). The van der Waals surface area contributed by atoms with Crippen LogP contribution in [-0.4, -0.2) is 45.0 Å². The first-order chi connectivity index (χ1) is 7.60. The van der Waals surface area contributed by atoms with Crippen LogP contribution in [0.15, 0.2) is 0 Å². The van der Waals surface area contributed by atoms with Crippen LogP contribution in [0, 0.1) is 17.3 Å². The number of amides is 2. The number of aliphatic carboxylic acids is 1. The van der Waals surface area contributed by atoms with Gasteiger partial charge in [-0.3, -0.25) is 14.5 Å². The van der Waals surface area contributed by atoms with Gasteiger partial charge in [0.15, 0.2) is 5.60 Å². The predicted molar refractivity (Wildman–Crippen MR) is 55.7 cm³/mol. The maximum atomic E-state index is 11.9. The smallest absolute Gasteiger partial charge is 0.337 e. The number of β-amino-alcohol motifs (C(OH)–C–C–N with tert-alkyl or cyclic N) is 1. The zero-order valence-electron chi connectivity index (χ0n) is 9.93. The molecule has 3 unspecified atom stereocenters. The van der Waals surface area contributed by atoms with E-state index in [1.807, 2.05) is 13.8 Å². The third-order valence-corrected chi connectivity index (χ3v) is 3.82. The number of nitrogens with zero attached hydrogens (tertiary/aromatic N) is 1. The maximum Gasteiger partial charge on any atom is 0.337 e. The maximum absolute atomic E-state index is 11.9. The lowest BCUT2D eigenvalue weighted by Crippen LogP contribution is -2.50. The number of imide groups is 1. The van der Waals surface area contributed by atoms with Crippen molar-refractivity contribution in [3.8, 4) is 0 Å². The molecular formula is C11H15NO5. The van der Waals surface area contributed by atoms with E-state index in [1.165, 1.54) is 0 Å². The largest absolute Gasteiger partial charge is 0.479 e. The number of carboxylic acids is 1. The minimum absolute atomic E-state index is 0.320. The summed E-state index contributed by atoms with van der Waals surface area (Å²) in [6, 6.07) is 0. The Bertz CT molecular complexity index is 402. The molecule has 6 nitrogen and oxygen atoms in total. The second kappa shape index (κ2) is 3.07. The van der Waals surface area contributed by atoms with Crippen LogP contribution in [0.25, 0.3) is 0 Å². The van der Waals surface area contributed by atoms with Crippen molar-refractivity contribution in [1.82, 2.24) is 4.90 Å². The third-order valence-electron chi connectivity index (χ3n) is 3.82. The molecule has 0 aromatic carbocycles. The van der Waals surface area contributed by atoms with Gasteiger partial charge in [0.25, 0.3) is 0 Å². The van der Waals surface area contributed by atoms with Crippen LogP contribution in [0.2, 0.25) is 0 Å². The highest BCUT2D eigenvalue weighted by Crippen LogP contribution is 2.63. The molecule has 0 aromatic heterocycles. The van der Waals surface area contributed by atoms with Crippen molar-refractivity contribution < 1.29 is 24.6 Å². The van der Waals surface area contributed by atoms with Crippen LogP contribution in [0.3, 0.4) is 0 Å². The van der Waals surface area contributed by atoms with Crippen LogP contribution < -0.4 is 0 Å². The fraction of sp³-hybridized carbons (Fsp3) is 0.727. The summed E-state index contributed by atoms with van der Waals surface area (Å²) in [4.78, 5) is 35.4. The minimum atomic E-state index is -2.09. The monoisotopic (exact) mass is 241 g/mol. The molecule has 1 heterocycles. The lowest BCUT2D eigenvalue weighted by molar-refractivity contribution is -0.162. The third kappa shape index (κ3) is 1.47. The predicted octanol–water partition coefficient (Wildman–Crippen LogP) is -0.537. The molecular weight excluding hydrogens is 226 g/mol. The SMILES string of the molecule is CC(O)(CN1C(=O)C2C(C1=O)C2(C)C)C(=O)O. The van der Waals surface area contributed by atoms with Crippen LogP contribution in [0.4, 0.5) is 0 Å². The van der Waals surface area contributed by atoms with Gasteiger partial charge >= 0.3 is 5.97 Å². The van der Waals surface area contributed by atoms with Crippen molar-refractivity contribution in [2.24, 2.45) is 17.3 Å². The molecule has 94 valence electrons. The number of carbonyl (C=O) groups excluding carboxylic acids is 2. The molecule has 0 bridgehead atoms. The second-order valence-corrected chi connectivity index (χ2v) is 5.62. The molecule has 1 saturated heterocycles. The lowest BCUT2D eigenvalue weighted by atomic mass is 10.0. The Balaban J connectivity index is 2.15. The molecule has 1 aliphatic carbocycles. The molecule has 2 rings (SSSR count). The van der Waals surface area contributed by atoms with Crippen molar-refractivity contribution in [1.29, 1.82) is 0 Å². The van der Waals surface area contributed by atoms with E-state index in [1.54, 1.807) is 0 Å². The highest BCUT2D eigenvalue weighted by molar-refractivity contribution is 6.10. The number of likely N-dealkylation sites (tertiary alicyclic amines) is 1. The summed E-state index contributed by atoms with van der Waals surface area (Å²) in [5.74, 6) is -2.88. The van der Waals surface area contributed by atoms with Crippen molar-refractivity contribution in [3.05, 3.63) is 0 Å². The first-order valence-electron chi connectivity index (χ1n) is 5.41. The molecule has 2 N–H and O–H groups in total. The first-order valence-corrected chi connectivity index (χ1v) is 5.41. The van der Waals surface area contributed by atoms with Crippen LogP contribution in [0.1, 0.15) is 20.8 Å². The number of aliphatic hydroxyl groups is 1. The van der Waals surface area contributed by atoms with Crippen molar-refractivity contribution in [3.63, 3.8) is 0 Å². The van der Waals surface area contributed by atoms with E-state index < -0.39 is 18.1 Å². The van der Waals surface area contributed by atoms with E-state index >= 15 is 0 Å². The molecule has 2 aliphatic rings. The first kappa shape index (κ1) is 12.0. The van der Waals surface area contributed by atoms with Gasteiger partial charge in [-0.25, -0.2) is 4.79 Å². The quantitative estimate of drug-likeness (QED) is 0.647. The number of carboxylic acid groups (broad SMARTS) is 1. The summed E-state index contributed by atoms with van der Waals surface area (Å²) in [7, 11) is 0. The van der Waals surface area contributed by atoms with Crippen molar-refractivity contribution in [2.75, 3.05) is 6.54 Å². The van der Waals surface area contributed by atoms with Gasteiger partial charge in [0.1, 0.15) is 0 Å². The average Bonchev–Trinajstić information content (AvgIpc) is 2.65. The number of hydrogen-bond acceptors (Lipinski definition) is 4. The molecule has 0 spiro atoms. The highest BCUT2D eigenvalue weighted by atomic mass is 16.4. The van der Waals surface area contributed by atoms with E-state index in [0.29, 0.717) is 0 Å². The summed E-state index contributed by atoms with van der Waals surface area (Å²) in [5, 5.41) is 18.3. The Kier molecular flexibility index (Phi) is 2.17. The number of carbonyl (C=O) groups is 3. The van der Waals surface area contributed by atoms with Gasteiger partial charge in [0.2, 0.25) is 11.8 Å². The van der Waals surface area contributed by atoms with Gasteiger partial charge in [-0.2, -0.15) is 0 Å². The van der Waals surface area contributed by atoms with E-state index in [-0.39, 0.29) is 29.1 Å². The molecule has 0 radical (unpaired) electrons. The van der Waals surface area contributed by atoms with E-state index in [4.69, 9.17) is 5.11 Å². The Morgan fingerprint density at radius 2 is 1.76 bits per heavy atom. The van der Waals surface area contributed by atoms with E-state index in [9.17, 15) is 19.5 Å². The zero-order valence-corrected chi connectivity index (χ0v) is 9.93. The van der Waals surface area contributed by atoms with Gasteiger partial charge in [0, 0.05) is 0 Å². The number of rotatable bonds is 3. The van der Waals surface area contributed by atoms with E-state index in [0.717, 1.165) is 11.8 Å². The summed E-state index contributed by atoms with van der Waals surface area (Å²) in [5.41, 5.74) is -2.41. The molecule has 1 saturated carbocycles. The number of piperidine rings is 1. The van der Waals surface area contributed by atoms with Crippen molar-refractivity contribution >= 4 is 17.8 Å². The fourth-order valence-corrected chi connectivity index (χ4v) is 2.54. The molecule has 2 amide bonds.